The number of nitrogens with zero attached hydrogens (tertiary/aromatic N) is 1. The summed E-state index contributed by atoms with van der Waals surface area (Å²) in [5.41, 5.74) is -1.68. The first-order chi connectivity index (χ1) is 10.4. The van der Waals surface area contributed by atoms with Crippen LogP contribution in [0.3, 0.4) is 0 Å². The molecule has 0 spiro atoms. The molecule has 1 aromatic carbocycles. The normalized spacial score (nSPS) is 14.3. The van der Waals surface area contributed by atoms with Crippen LogP contribution in [-0.2, 0) is 15.1 Å². The van der Waals surface area contributed by atoms with Crippen molar-refractivity contribution >= 4 is 34.7 Å². The molecule has 1 aromatic rings. The fourth-order valence-electron chi connectivity index (χ4n) is 2.36. The molecule has 0 saturated carbocycles. The number of aliphatic carboxylic acids is 1. The molecule has 1 amide bonds. The molecule has 0 fully saturated rings. The van der Waals surface area contributed by atoms with E-state index >= 15 is 0 Å². The Balaban J connectivity index is 3.40. The van der Waals surface area contributed by atoms with Crippen LogP contribution in [0.5, 0.6) is 0 Å². The van der Waals surface area contributed by atoms with Gasteiger partial charge in [0.1, 0.15) is 5.60 Å². The van der Waals surface area contributed by atoms with Gasteiger partial charge in [-0.25, -0.2) is 9.59 Å². The Hall–Kier alpha value is -1.31. The van der Waals surface area contributed by atoms with Gasteiger partial charge >= 0.3 is 12.1 Å². The molecule has 5 nitrogen and oxygen atoms in total. The summed E-state index contributed by atoms with van der Waals surface area (Å²) in [5.74, 6) is -1.10. The third-order valence-corrected chi connectivity index (χ3v) is 4.13. The summed E-state index contributed by atoms with van der Waals surface area (Å²) in [7, 11) is 0. The summed E-state index contributed by atoms with van der Waals surface area (Å²) in [6, 6.07) is 6.77. The van der Waals surface area contributed by atoms with E-state index in [1.54, 1.807) is 46.8 Å². The molecule has 0 aliphatic heterocycles. The zero-order valence-electron chi connectivity index (χ0n) is 14.4. The molecule has 1 rings (SSSR count). The number of hydrogen-bond donors (Lipinski definition) is 1. The van der Waals surface area contributed by atoms with Crippen LogP contribution < -0.4 is 0 Å². The molecule has 6 heteroatoms. The van der Waals surface area contributed by atoms with Crippen LogP contribution in [0.2, 0.25) is 0 Å². The Morgan fingerprint density at radius 1 is 1.13 bits per heavy atom. The van der Waals surface area contributed by atoms with Gasteiger partial charge in [-0.3, -0.25) is 4.90 Å². The van der Waals surface area contributed by atoms with Gasteiger partial charge in [0.15, 0.2) is 5.54 Å². The molecule has 0 aliphatic rings. The van der Waals surface area contributed by atoms with Crippen molar-refractivity contribution in [3.8, 4) is 0 Å². The number of rotatable bonds is 4. The first kappa shape index (κ1) is 19.7. The number of carboxylic acid groups (broad SMARTS) is 1. The van der Waals surface area contributed by atoms with E-state index in [9.17, 15) is 14.7 Å². The van der Waals surface area contributed by atoms with Gasteiger partial charge in [0, 0.05) is 9.61 Å². The highest BCUT2D eigenvalue weighted by atomic mass is 127. The highest BCUT2D eigenvalue weighted by Gasteiger charge is 2.47. The van der Waals surface area contributed by atoms with Crippen LogP contribution in [0.4, 0.5) is 4.79 Å². The molecule has 1 atom stereocenters. The molecule has 0 saturated heterocycles. The molecule has 128 valence electrons. The highest BCUT2D eigenvalue weighted by Crippen LogP contribution is 2.32. The van der Waals surface area contributed by atoms with Crippen LogP contribution in [0, 0.1) is 3.57 Å². The van der Waals surface area contributed by atoms with E-state index < -0.39 is 23.2 Å². The lowest BCUT2D eigenvalue weighted by atomic mass is 9.89. The molecule has 0 aliphatic carbocycles. The largest absolute Gasteiger partial charge is 0.479 e. The summed E-state index contributed by atoms with van der Waals surface area (Å²) >= 11 is 2.15. The lowest BCUT2D eigenvalue weighted by Gasteiger charge is -2.41. The van der Waals surface area contributed by atoms with E-state index in [1.807, 2.05) is 12.1 Å². The minimum absolute atomic E-state index is 0.342. The Kier molecular flexibility index (Phi) is 6.06. The number of carbonyl (C=O) groups is 2. The molecule has 23 heavy (non-hydrogen) atoms. The highest BCUT2D eigenvalue weighted by molar-refractivity contribution is 14.1. The third-order valence-electron chi connectivity index (χ3n) is 3.41. The van der Waals surface area contributed by atoms with Crippen molar-refractivity contribution in [3.63, 3.8) is 0 Å². The van der Waals surface area contributed by atoms with Gasteiger partial charge in [0.05, 0.1) is 0 Å². The number of ether oxygens (including phenoxy) is 1. The summed E-state index contributed by atoms with van der Waals surface area (Å²) in [4.78, 5) is 26.0. The van der Waals surface area contributed by atoms with Gasteiger partial charge in [-0.2, -0.15) is 0 Å². The van der Waals surface area contributed by atoms with Crippen molar-refractivity contribution in [1.82, 2.24) is 4.90 Å². The predicted octanol–water partition coefficient (Wildman–Crippen LogP) is 4.24. The average Bonchev–Trinajstić information content (AvgIpc) is 2.36. The van der Waals surface area contributed by atoms with E-state index in [1.165, 1.54) is 11.8 Å². The van der Waals surface area contributed by atoms with E-state index in [2.05, 4.69) is 22.6 Å². The third kappa shape index (κ3) is 4.59. The molecule has 1 unspecified atom stereocenters. The van der Waals surface area contributed by atoms with Crippen molar-refractivity contribution < 1.29 is 19.4 Å². The Morgan fingerprint density at radius 2 is 1.61 bits per heavy atom. The standard InChI is InChI=1S/C17H24INO4/c1-11(2)19(15(22)23-16(3,4)5)17(6,14(20)21)12-7-9-13(18)10-8-12/h7-11H,1-6H3,(H,20,21). The summed E-state index contributed by atoms with van der Waals surface area (Å²) < 4.78 is 6.42. The van der Waals surface area contributed by atoms with Crippen LogP contribution in [0.1, 0.15) is 47.1 Å². The molecule has 0 heterocycles. The number of carbonyl (C=O) groups excluding carboxylic acids is 1. The van der Waals surface area contributed by atoms with Crippen LogP contribution in [-0.4, -0.2) is 33.7 Å². The maximum atomic E-state index is 12.6. The summed E-state index contributed by atoms with van der Waals surface area (Å²) in [5, 5.41) is 9.87. The lowest BCUT2D eigenvalue weighted by Crippen LogP contribution is -2.56. The SMILES string of the molecule is CC(C)N(C(=O)OC(C)(C)C)C(C)(C(=O)O)c1ccc(I)cc1. The summed E-state index contributed by atoms with van der Waals surface area (Å²) in [6.07, 6.45) is -0.643. The second kappa shape index (κ2) is 7.07. The van der Waals surface area contributed by atoms with Crippen LogP contribution >= 0.6 is 22.6 Å². The van der Waals surface area contributed by atoms with Crippen molar-refractivity contribution in [1.29, 1.82) is 0 Å². The lowest BCUT2D eigenvalue weighted by molar-refractivity contribution is -0.152. The smallest absolute Gasteiger partial charge is 0.411 e. The van der Waals surface area contributed by atoms with Gasteiger partial charge in [0.2, 0.25) is 0 Å². The fraction of sp³-hybridized carbons (Fsp3) is 0.529. The van der Waals surface area contributed by atoms with E-state index in [0.29, 0.717) is 5.56 Å². The Morgan fingerprint density at radius 3 is 1.96 bits per heavy atom. The Bertz CT molecular complexity index is 577. The van der Waals surface area contributed by atoms with E-state index in [4.69, 9.17) is 4.74 Å². The molecule has 1 N–H and O–H groups in total. The van der Waals surface area contributed by atoms with Crippen LogP contribution in [0.15, 0.2) is 24.3 Å². The number of benzene rings is 1. The molecule has 0 aromatic heterocycles. The minimum atomic E-state index is -1.51. The molecular weight excluding hydrogens is 409 g/mol. The van der Waals surface area contributed by atoms with E-state index in [-0.39, 0.29) is 6.04 Å². The number of hydrogen-bond acceptors (Lipinski definition) is 3. The second-order valence-corrected chi connectivity index (χ2v) is 8.07. The Labute approximate surface area is 151 Å². The van der Waals surface area contributed by atoms with Crippen molar-refractivity contribution in [2.24, 2.45) is 0 Å². The van der Waals surface area contributed by atoms with Crippen molar-refractivity contribution in [2.45, 2.75) is 58.7 Å². The van der Waals surface area contributed by atoms with Gasteiger partial charge in [0.25, 0.3) is 0 Å². The monoisotopic (exact) mass is 433 g/mol. The predicted molar refractivity (Wildman–Crippen MR) is 97.4 cm³/mol. The molecular formula is C17H24INO4. The molecule has 0 bridgehead atoms. The first-order valence-corrected chi connectivity index (χ1v) is 8.49. The number of carboxylic acids is 1. The fourth-order valence-corrected chi connectivity index (χ4v) is 2.72. The quantitative estimate of drug-likeness (QED) is 0.722. The second-order valence-electron chi connectivity index (χ2n) is 6.83. The molecule has 0 radical (unpaired) electrons. The van der Waals surface area contributed by atoms with Crippen LogP contribution in [0.25, 0.3) is 0 Å². The maximum Gasteiger partial charge on any atom is 0.411 e. The van der Waals surface area contributed by atoms with Gasteiger partial charge in [-0.15, -0.1) is 0 Å². The average molecular weight is 433 g/mol. The van der Waals surface area contributed by atoms with Gasteiger partial charge in [-0.05, 0) is 81.8 Å². The zero-order valence-corrected chi connectivity index (χ0v) is 16.5. The number of halogens is 1. The maximum absolute atomic E-state index is 12.6. The van der Waals surface area contributed by atoms with Crippen molar-refractivity contribution in [2.75, 3.05) is 0 Å². The zero-order chi connectivity index (χ0) is 18.0. The van der Waals surface area contributed by atoms with Gasteiger partial charge < -0.3 is 9.84 Å². The van der Waals surface area contributed by atoms with Crippen molar-refractivity contribution in [3.05, 3.63) is 33.4 Å². The number of amides is 1. The first-order valence-electron chi connectivity index (χ1n) is 7.41. The topological polar surface area (TPSA) is 66.8 Å². The summed E-state index contributed by atoms with van der Waals surface area (Å²) in [6.45, 7) is 10.3. The minimum Gasteiger partial charge on any atom is -0.479 e. The van der Waals surface area contributed by atoms with Gasteiger partial charge in [-0.1, -0.05) is 12.1 Å². The van der Waals surface area contributed by atoms with E-state index in [0.717, 1.165) is 3.57 Å².